The van der Waals surface area contributed by atoms with Gasteiger partial charge in [0.25, 0.3) is 0 Å². The van der Waals surface area contributed by atoms with E-state index in [2.05, 4.69) is 20.6 Å². The molecule has 31 heavy (non-hydrogen) atoms. The van der Waals surface area contributed by atoms with Crippen molar-refractivity contribution in [1.82, 2.24) is 19.9 Å². The smallest absolute Gasteiger partial charge is 0.226 e. The number of oxazole rings is 1. The third-order valence-electron chi connectivity index (χ3n) is 5.24. The molecular weight excluding hydrogens is 414 g/mol. The Labute approximate surface area is 185 Å². The van der Waals surface area contributed by atoms with E-state index >= 15 is 0 Å². The van der Waals surface area contributed by atoms with Gasteiger partial charge in [-0.25, -0.2) is 22.7 Å². The molecule has 1 aliphatic heterocycles. The molecule has 1 aliphatic rings. The summed E-state index contributed by atoms with van der Waals surface area (Å²) in [5.74, 6) is 1.51. The third kappa shape index (κ3) is 6.54. The van der Waals surface area contributed by atoms with Gasteiger partial charge < -0.3 is 15.1 Å². The standard InChI is InChI=1S/C22H33N5O3S/c1-4-14-31(28,29)27-12-10-19(11-13-27)26-22(23-5-2)24-15-20-16-30-21(25-20)18-8-6-17(3)7-9-18/h6-9,16,19H,4-5,10-15H2,1-3H3,(H2,23,24,26). The Kier molecular flexibility index (Phi) is 8.09. The third-order valence-corrected chi connectivity index (χ3v) is 7.32. The number of nitrogens with one attached hydrogen (secondary N) is 2. The first-order valence-electron chi connectivity index (χ1n) is 11.0. The van der Waals surface area contributed by atoms with E-state index < -0.39 is 10.0 Å². The molecule has 0 atom stereocenters. The lowest BCUT2D eigenvalue weighted by Crippen LogP contribution is -2.50. The zero-order chi connectivity index (χ0) is 22.3. The number of aliphatic imine (C=N–C) groups is 1. The average molecular weight is 448 g/mol. The van der Waals surface area contributed by atoms with Crippen LogP contribution in [0.3, 0.4) is 0 Å². The highest BCUT2D eigenvalue weighted by atomic mass is 32.2. The van der Waals surface area contributed by atoms with E-state index in [0.717, 1.165) is 30.6 Å². The van der Waals surface area contributed by atoms with Crippen LogP contribution in [0.5, 0.6) is 0 Å². The SMILES string of the molecule is CCCS(=O)(=O)N1CCC(NC(=NCc2coc(-c3ccc(C)cc3)n2)NCC)CC1. The molecule has 0 unspecified atom stereocenters. The molecule has 1 saturated heterocycles. The van der Waals surface area contributed by atoms with Crippen molar-refractivity contribution in [2.24, 2.45) is 4.99 Å². The summed E-state index contributed by atoms with van der Waals surface area (Å²) in [6, 6.07) is 8.23. The fraction of sp³-hybridized carbons (Fsp3) is 0.545. The highest BCUT2D eigenvalue weighted by Crippen LogP contribution is 2.19. The Hall–Kier alpha value is -2.39. The van der Waals surface area contributed by atoms with Gasteiger partial charge in [-0.15, -0.1) is 0 Å². The van der Waals surface area contributed by atoms with Crippen LogP contribution in [0.1, 0.15) is 44.4 Å². The van der Waals surface area contributed by atoms with Crippen LogP contribution in [0.2, 0.25) is 0 Å². The highest BCUT2D eigenvalue weighted by Gasteiger charge is 2.27. The van der Waals surface area contributed by atoms with Gasteiger partial charge in [0.05, 0.1) is 12.3 Å². The maximum Gasteiger partial charge on any atom is 0.226 e. The van der Waals surface area contributed by atoms with Crippen LogP contribution in [-0.2, 0) is 16.6 Å². The van der Waals surface area contributed by atoms with Crippen LogP contribution in [0.4, 0.5) is 0 Å². The number of rotatable bonds is 8. The second-order valence-electron chi connectivity index (χ2n) is 7.84. The number of sulfonamides is 1. The molecule has 1 aromatic carbocycles. The molecule has 2 heterocycles. The number of hydrogen-bond donors (Lipinski definition) is 2. The van der Waals surface area contributed by atoms with Gasteiger partial charge in [0.2, 0.25) is 15.9 Å². The predicted molar refractivity (Wildman–Crippen MR) is 123 cm³/mol. The predicted octanol–water partition coefficient (Wildman–Crippen LogP) is 2.91. The van der Waals surface area contributed by atoms with Crippen LogP contribution < -0.4 is 10.6 Å². The van der Waals surface area contributed by atoms with E-state index in [4.69, 9.17) is 4.42 Å². The summed E-state index contributed by atoms with van der Waals surface area (Å²) >= 11 is 0. The molecule has 170 valence electrons. The number of aryl methyl sites for hydroxylation is 1. The number of guanidine groups is 1. The Morgan fingerprint density at radius 1 is 1.23 bits per heavy atom. The number of piperidine rings is 1. The van der Waals surface area contributed by atoms with Crippen molar-refractivity contribution in [2.75, 3.05) is 25.4 Å². The molecule has 9 heteroatoms. The molecule has 3 rings (SSSR count). The average Bonchev–Trinajstić information content (AvgIpc) is 3.22. The van der Waals surface area contributed by atoms with Gasteiger partial charge in [-0.1, -0.05) is 24.6 Å². The van der Waals surface area contributed by atoms with Crippen LogP contribution in [0.25, 0.3) is 11.5 Å². The topological polar surface area (TPSA) is 99.8 Å². The van der Waals surface area contributed by atoms with Crippen LogP contribution in [0, 0.1) is 6.92 Å². The molecule has 0 amide bonds. The molecule has 2 aromatic rings. The second-order valence-corrected chi connectivity index (χ2v) is 9.93. The van der Waals surface area contributed by atoms with Crippen LogP contribution >= 0.6 is 0 Å². The van der Waals surface area contributed by atoms with Gasteiger partial charge in [-0.3, -0.25) is 0 Å². The van der Waals surface area contributed by atoms with Crippen molar-refractivity contribution in [2.45, 2.75) is 52.6 Å². The molecule has 0 saturated carbocycles. The monoisotopic (exact) mass is 447 g/mol. The van der Waals surface area contributed by atoms with Gasteiger partial charge >= 0.3 is 0 Å². The normalized spacial score (nSPS) is 16.4. The highest BCUT2D eigenvalue weighted by molar-refractivity contribution is 7.89. The minimum atomic E-state index is -3.12. The maximum atomic E-state index is 12.3. The van der Waals surface area contributed by atoms with E-state index in [1.807, 2.05) is 45.0 Å². The van der Waals surface area contributed by atoms with Crippen molar-refractivity contribution < 1.29 is 12.8 Å². The molecule has 0 bridgehead atoms. The summed E-state index contributed by atoms with van der Waals surface area (Å²) in [5, 5.41) is 6.69. The van der Waals surface area contributed by atoms with E-state index in [9.17, 15) is 8.42 Å². The lowest BCUT2D eigenvalue weighted by Gasteiger charge is -2.32. The Balaban J connectivity index is 1.57. The van der Waals surface area contributed by atoms with Gasteiger partial charge in [0, 0.05) is 31.2 Å². The summed E-state index contributed by atoms with van der Waals surface area (Å²) in [5.41, 5.74) is 2.89. The molecular formula is C22H33N5O3S. The zero-order valence-corrected chi connectivity index (χ0v) is 19.4. The lowest BCUT2D eigenvalue weighted by molar-refractivity contribution is 0.306. The molecule has 0 aliphatic carbocycles. The minimum absolute atomic E-state index is 0.186. The maximum absolute atomic E-state index is 12.3. The van der Waals surface area contributed by atoms with Crippen LogP contribution in [0.15, 0.2) is 39.9 Å². The Bertz CT molecular complexity index is 961. The number of hydrogen-bond acceptors (Lipinski definition) is 5. The first kappa shape index (κ1) is 23.3. The molecule has 0 spiro atoms. The molecule has 2 N–H and O–H groups in total. The first-order valence-corrected chi connectivity index (χ1v) is 12.6. The molecule has 1 fully saturated rings. The van der Waals surface area contributed by atoms with Crippen molar-refractivity contribution in [3.05, 3.63) is 41.8 Å². The Morgan fingerprint density at radius 3 is 2.58 bits per heavy atom. The summed E-state index contributed by atoms with van der Waals surface area (Å²) in [6.45, 7) is 8.18. The fourth-order valence-electron chi connectivity index (χ4n) is 3.55. The number of aromatic nitrogens is 1. The van der Waals surface area contributed by atoms with Crippen molar-refractivity contribution >= 4 is 16.0 Å². The van der Waals surface area contributed by atoms with E-state index in [1.54, 1.807) is 10.6 Å². The first-order chi connectivity index (χ1) is 14.9. The van der Waals surface area contributed by atoms with E-state index in [1.165, 1.54) is 5.56 Å². The lowest BCUT2D eigenvalue weighted by atomic mass is 10.1. The van der Waals surface area contributed by atoms with E-state index in [-0.39, 0.29) is 11.8 Å². The van der Waals surface area contributed by atoms with Crippen LogP contribution in [-0.4, -0.2) is 55.1 Å². The summed E-state index contributed by atoms with van der Waals surface area (Å²) in [6.07, 6.45) is 3.80. The van der Waals surface area contributed by atoms with Crippen molar-refractivity contribution in [1.29, 1.82) is 0 Å². The summed E-state index contributed by atoms with van der Waals surface area (Å²) in [7, 11) is -3.12. The van der Waals surface area contributed by atoms with Crippen molar-refractivity contribution in [3.63, 3.8) is 0 Å². The van der Waals surface area contributed by atoms with E-state index in [0.29, 0.717) is 37.9 Å². The number of benzene rings is 1. The van der Waals surface area contributed by atoms with Gasteiger partial charge in [0.15, 0.2) is 5.96 Å². The van der Waals surface area contributed by atoms with Gasteiger partial charge in [0.1, 0.15) is 12.0 Å². The summed E-state index contributed by atoms with van der Waals surface area (Å²) < 4.78 is 31.7. The number of nitrogens with zero attached hydrogens (tertiary/aromatic N) is 3. The molecule has 1 aromatic heterocycles. The quantitative estimate of drug-likeness (QED) is 0.477. The minimum Gasteiger partial charge on any atom is -0.444 e. The Morgan fingerprint density at radius 2 is 1.94 bits per heavy atom. The van der Waals surface area contributed by atoms with Crippen molar-refractivity contribution in [3.8, 4) is 11.5 Å². The molecule has 8 nitrogen and oxygen atoms in total. The zero-order valence-electron chi connectivity index (χ0n) is 18.6. The second kappa shape index (κ2) is 10.8. The van der Waals surface area contributed by atoms with Gasteiger partial charge in [-0.2, -0.15) is 0 Å². The largest absolute Gasteiger partial charge is 0.444 e. The summed E-state index contributed by atoms with van der Waals surface area (Å²) in [4.78, 5) is 9.18. The molecule has 0 radical (unpaired) electrons. The fourth-order valence-corrected chi connectivity index (χ4v) is 5.09. The van der Waals surface area contributed by atoms with Gasteiger partial charge in [-0.05, 0) is 45.2 Å².